The van der Waals surface area contributed by atoms with Crippen LogP contribution in [0.25, 0.3) is 22.2 Å². The molecule has 1 aromatic heterocycles. The van der Waals surface area contributed by atoms with Gasteiger partial charge in [-0.05, 0) is 99.0 Å². The van der Waals surface area contributed by atoms with E-state index in [-0.39, 0.29) is 29.5 Å². The van der Waals surface area contributed by atoms with Crippen LogP contribution in [-0.2, 0) is 21.4 Å². The van der Waals surface area contributed by atoms with Gasteiger partial charge in [0.2, 0.25) is 15.9 Å². The van der Waals surface area contributed by atoms with Crippen molar-refractivity contribution in [1.29, 1.82) is 0 Å². The number of likely N-dealkylation sites (N-methyl/N-ethyl adjacent to an activating group) is 1. The number of halogens is 3. The van der Waals surface area contributed by atoms with Crippen LogP contribution in [0, 0.1) is 5.41 Å². The first-order valence-corrected chi connectivity index (χ1v) is 19.4. The van der Waals surface area contributed by atoms with Crippen molar-refractivity contribution in [2.24, 2.45) is 5.41 Å². The second-order valence-electron chi connectivity index (χ2n) is 14.9. The van der Waals surface area contributed by atoms with Crippen LogP contribution in [-0.4, -0.2) is 85.9 Å². The highest BCUT2D eigenvalue weighted by molar-refractivity contribution is 7.90. The zero-order valence-electron chi connectivity index (χ0n) is 28.6. The minimum Gasteiger partial charge on any atom is -0.497 e. The van der Waals surface area contributed by atoms with Crippen LogP contribution in [0.1, 0.15) is 86.0 Å². The van der Waals surface area contributed by atoms with Crippen molar-refractivity contribution in [3.63, 3.8) is 0 Å². The van der Waals surface area contributed by atoms with Crippen LogP contribution in [0.4, 0.5) is 13.2 Å². The summed E-state index contributed by atoms with van der Waals surface area (Å²) in [6, 6.07) is 13.3. The fourth-order valence-electron chi connectivity index (χ4n) is 8.66. The molecular formula is C37H45F3N4O5S. The molecule has 9 nitrogen and oxygen atoms in total. The molecule has 2 unspecified atom stereocenters. The summed E-state index contributed by atoms with van der Waals surface area (Å²) in [6.07, 6.45) is 2.58. The van der Waals surface area contributed by atoms with Crippen molar-refractivity contribution in [1.82, 2.24) is 19.1 Å². The molecule has 270 valence electrons. The lowest BCUT2D eigenvalue weighted by molar-refractivity contribution is -0.143. The second-order valence-corrected chi connectivity index (χ2v) is 16.7. The molecule has 50 heavy (non-hydrogen) atoms. The highest BCUT2D eigenvalue weighted by Gasteiger charge is 2.56. The van der Waals surface area contributed by atoms with E-state index < -0.39 is 39.7 Å². The molecule has 4 aliphatic rings. The first kappa shape index (κ1) is 34.9. The maximum Gasteiger partial charge on any atom is 0.390 e. The number of fused-ring (bicyclic) bond motifs is 3. The molecule has 2 saturated heterocycles. The van der Waals surface area contributed by atoms with Crippen LogP contribution < -0.4 is 9.46 Å². The van der Waals surface area contributed by atoms with Crippen molar-refractivity contribution in [2.75, 3.05) is 33.0 Å². The van der Waals surface area contributed by atoms with Gasteiger partial charge in [0, 0.05) is 48.2 Å². The minimum absolute atomic E-state index is 0.0246. The summed E-state index contributed by atoms with van der Waals surface area (Å²) in [5, 5.41) is 0.933. The molecule has 3 heterocycles. The molecule has 2 atom stereocenters. The number of hydrogen-bond acceptors (Lipinski definition) is 6. The predicted molar refractivity (Wildman–Crippen MR) is 184 cm³/mol. The Balaban J connectivity index is 1.33. The molecule has 3 aromatic rings. The van der Waals surface area contributed by atoms with Gasteiger partial charge >= 0.3 is 6.18 Å². The second kappa shape index (κ2) is 13.2. The zero-order chi connectivity index (χ0) is 35.4. The number of sulfonamides is 1. The normalized spacial score (nSPS) is 22.5. The summed E-state index contributed by atoms with van der Waals surface area (Å²) in [7, 11) is -0.817. The number of hydrogen-bond donors (Lipinski definition) is 1. The maximum absolute atomic E-state index is 14.6. The van der Waals surface area contributed by atoms with Gasteiger partial charge in [-0.3, -0.25) is 9.59 Å². The van der Waals surface area contributed by atoms with Crippen LogP contribution in [0.5, 0.6) is 5.75 Å². The van der Waals surface area contributed by atoms with Crippen molar-refractivity contribution in [3.8, 4) is 17.0 Å². The Hall–Kier alpha value is -3.58. The number of carbonyl (C=O) groups excluding carboxylic acids is 2. The number of amides is 2. The summed E-state index contributed by atoms with van der Waals surface area (Å²) in [6.45, 7) is 2.12. The molecule has 1 N–H and O–H groups in total. The van der Waals surface area contributed by atoms with E-state index in [1.165, 1.54) is 0 Å². The van der Waals surface area contributed by atoms with Gasteiger partial charge in [-0.1, -0.05) is 25.3 Å². The number of alkyl halides is 3. The molecule has 2 amide bonds. The lowest BCUT2D eigenvalue weighted by Gasteiger charge is -2.41. The molecule has 2 saturated carbocycles. The first-order valence-electron chi connectivity index (χ1n) is 17.7. The molecule has 2 aromatic carbocycles. The number of rotatable bonds is 10. The lowest BCUT2D eigenvalue weighted by Crippen LogP contribution is -2.56. The number of nitrogens with zero attached hydrogens (tertiary/aromatic N) is 3. The fourth-order valence-corrected chi connectivity index (χ4v) is 9.66. The Labute approximate surface area is 291 Å². The molecular weight excluding hydrogens is 669 g/mol. The van der Waals surface area contributed by atoms with Crippen molar-refractivity contribution in [3.05, 3.63) is 53.6 Å². The highest BCUT2D eigenvalue weighted by atomic mass is 32.2. The third kappa shape index (κ3) is 6.87. The quantitative estimate of drug-likeness (QED) is 0.259. The van der Waals surface area contributed by atoms with Gasteiger partial charge < -0.3 is 19.1 Å². The number of benzene rings is 2. The van der Waals surface area contributed by atoms with E-state index >= 15 is 0 Å². The lowest BCUT2D eigenvalue weighted by atomic mass is 9.81. The standard InChI is InChI=1S/C37H45F3N4O5S/c1-42-21-27-11-12-28(22-42)44(27)35(46)36(16-17-36)23-43-31-20-26(34(45)41-50(47,48)19-18-37(38,39)40)10-15-30(31)32(24-6-4-3-5-7-24)33(43)25-8-13-29(49-2)14-9-25/h8-10,13-15,20,24,27-28H,3-7,11-12,16-19,21-23H2,1-2H3,(H,41,45). The Bertz CT molecular complexity index is 1870. The molecule has 2 aliphatic heterocycles. The average Bonchev–Trinajstić information content (AvgIpc) is 3.74. The number of ether oxygens (including phenoxy) is 1. The van der Waals surface area contributed by atoms with E-state index in [9.17, 15) is 31.2 Å². The highest BCUT2D eigenvalue weighted by Crippen LogP contribution is 2.53. The Kier molecular flexibility index (Phi) is 9.20. The molecule has 0 radical (unpaired) electrons. The molecule has 13 heteroatoms. The number of piperazine rings is 1. The topological polar surface area (TPSA) is 101 Å². The zero-order valence-corrected chi connectivity index (χ0v) is 29.4. The number of aromatic nitrogens is 1. The van der Waals surface area contributed by atoms with E-state index in [1.54, 1.807) is 19.2 Å². The molecule has 2 aliphatic carbocycles. The van der Waals surface area contributed by atoms with E-state index in [4.69, 9.17) is 4.74 Å². The van der Waals surface area contributed by atoms with Gasteiger partial charge in [-0.2, -0.15) is 13.2 Å². The Morgan fingerprint density at radius 1 is 0.960 bits per heavy atom. The summed E-state index contributed by atoms with van der Waals surface area (Å²) >= 11 is 0. The fraction of sp³-hybridized carbons (Fsp3) is 0.568. The Morgan fingerprint density at radius 2 is 1.62 bits per heavy atom. The largest absolute Gasteiger partial charge is 0.497 e. The van der Waals surface area contributed by atoms with Gasteiger partial charge in [0.25, 0.3) is 5.91 Å². The van der Waals surface area contributed by atoms with Gasteiger partial charge in [0.05, 0.1) is 30.4 Å². The van der Waals surface area contributed by atoms with Gasteiger partial charge in [0.1, 0.15) is 5.75 Å². The summed E-state index contributed by atoms with van der Waals surface area (Å²) in [5.74, 6) is -1.09. The monoisotopic (exact) mass is 714 g/mol. The van der Waals surface area contributed by atoms with Crippen LogP contribution in [0.15, 0.2) is 42.5 Å². The molecule has 2 bridgehead atoms. The summed E-state index contributed by atoms with van der Waals surface area (Å²) in [5.41, 5.74) is 3.20. The van der Waals surface area contributed by atoms with E-state index in [0.29, 0.717) is 17.8 Å². The number of nitrogens with one attached hydrogen (secondary N) is 1. The third-order valence-corrected chi connectivity index (χ3v) is 12.6. The predicted octanol–water partition coefficient (Wildman–Crippen LogP) is 6.46. The smallest absolute Gasteiger partial charge is 0.390 e. The first-order chi connectivity index (χ1) is 23.8. The summed E-state index contributed by atoms with van der Waals surface area (Å²) in [4.78, 5) is 32.3. The van der Waals surface area contributed by atoms with Crippen molar-refractivity contribution >= 4 is 32.7 Å². The minimum atomic E-state index is -4.68. The number of carbonyl (C=O) groups is 2. The summed E-state index contributed by atoms with van der Waals surface area (Å²) < 4.78 is 72.9. The third-order valence-electron chi connectivity index (χ3n) is 11.3. The van der Waals surface area contributed by atoms with E-state index in [0.717, 1.165) is 93.1 Å². The van der Waals surface area contributed by atoms with Crippen molar-refractivity contribution in [2.45, 2.75) is 94.9 Å². The number of methoxy groups -OCH3 is 1. The van der Waals surface area contributed by atoms with Crippen LogP contribution in [0.3, 0.4) is 0 Å². The molecule has 0 spiro atoms. The van der Waals surface area contributed by atoms with Crippen LogP contribution in [0.2, 0.25) is 0 Å². The maximum atomic E-state index is 14.6. The number of likely N-dealkylation sites (tertiary alicyclic amines) is 1. The average molecular weight is 715 g/mol. The van der Waals surface area contributed by atoms with Gasteiger partial charge in [-0.15, -0.1) is 0 Å². The molecule has 7 rings (SSSR count). The van der Waals surface area contributed by atoms with Gasteiger partial charge in [-0.25, -0.2) is 13.1 Å². The van der Waals surface area contributed by atoms with Crippen molar-refractivity contribution < 1.29 is 35.9 Å². The molecule has 4 fully saturated rings. The van der Waals surface area contributed by atoms with Gasteiger partial charge in [0.15, 0.2) is 0 Å². The SMILES string of the molecule is COc1ccc(-c2c(C3CCCCC3)c3ccc(C(=O)NS(=O)(=O)CCC(F)(F)F)cc3n2CC2(C(=O)N3C4CCC3CN(C)C4)CC2)cc1. The van der Waals surface area contributed by atoms with E-state index in [2.05, 4.69) is 21.4 Å². The van der Waals surface area contributed by atoms with E-state index in [1.807, 2.05) is 35.1 Å². The Morgan fingerprint density at radius 3 is 2.22 bits per heavy atom. The van der Waals surface area contributed by atoms with Crippen LogP contribution >= 0.6 is 0 Å².